The summed E-state index contributed by atoms with van der Waals surface area (Å²) in [6.45, 7) is 1.79. The van der Waals surface area contributed by atoms with Crippen molar-refractivity contribution < 1.29 is 9.18 Å². The Kier molecular flexibility index (Phi) is 5.72. The van der Waals surface area contributed by atoms with E-state index in [4.69, 9.17) is 11.5 Å². The molecule has 0 bridgehead atoms. The number of carbonyl (C=O) groups is 1. The number of hydrogen-bond donors (Lipinski definition) is 2. The van der Waals surface area contributed by atoms with Crippen molar-refractivity contribution >= 4 is 11.9 Å². The van der Waals surface area contributed by atoms with E-state index < -0.39 is 5.91 Å². The molecule has 0 radical (unpaired) electrons. The number of nitrogen functional groups attached to an aromatic ring is 1. The van der Waals surface area contributed by atoms with Crippen LogP contribution in [0.3, 0.4) is 0 Å². The third-order valence-corrected chi connectivity index (χ3v) is 5.58. The molecule has 1 aliphatic rings. The fourth-order valence-electron chi connectivity index (χ4n) is 4.05. The van der Waals surface area contributed by atoms with Gasteiger partial charge >= 0.3 is 0 Å². The van der Waals surface area contributed by atoms with Gasteiger partial charge in [-0.3, -0.25) is 9.69 Å². The van der Waals surface area contributed by atoms with Crippen LogP contribution in [0.5, 0.6) is 0 Å². The highest BCUT2D eigenvalue weighted by atomic mass is 19.1. The number of nitrogens with two attached hydrogens (primary N) is 2. The SMILES string of the molecule is NC(=O)c1cccc(-c2cnc(N)nc2C2CCCN2CCc2ccc(F)cc2)c1. The van der Waals surface area contributed by atoms with E-state index in [9.17, 15) is 9.18 Å². The molecular formula is C23H24FN5O. The zero-order chi connectivity index (χ0) is 21.1. The molecule has 2 aromatic carbocycles. The second-order valence-electron chi connectivity index (χ2n) is 7.54. The van der Waals surface area contributed by atoms with Crippen LogP contribution in [0, 0.1) is 5.82 Å². The Labute approximate surface area is 174 Å². The first-order chi connectivity index (χ1) is 14.5. The van der Waals surface area contributed by atoms with Gasteiger partial charge in [-0.1, -0.05) is 24.3 Å². The third kappa shape index (κ3) is 4.31. The molecule has 1 unspecified atom stereocenters. The smallest absolute Gasteiger partial charge is 0.248 e. The van der Waals surface area contributed by atoms with Crippen molar-refractivity contribution in [1.29, 1.82) is 0 Å². The lowest BCUT2D eigenvalue weighted by Gasteiger charge is -2.26. The van der Waals surface area contributed by atoms with Gasteiger partial charge in [-0.15, -0.1) is 0 Å². The summed E-state index contributed by atoms with van der Waals surface area (Å²) in [4.78, 5) is 22.8. The Balaban J connectivity index is 1.62. The van der Waals surface area contributed by atoms with E-state index in [-0.39, 0.29) is 17.8 Å². The summed E-state index contributed by atoms with van der Waals surface area (Å²) in [5.41, 5.74) is 15.5. The number of carbonyl (C=O) groups excluding carboxylic acids is 1. The lowest BCUT2D eigenvalue weighted by molar-refractivity contribution is 0.100. The van der Waals surface area contributed by atoms with Crippen LogP contribution in [0.4, 0.5) is 10.3 Å². The second kappa shape index (κ2) is 8.59. The molecule has 1 aromatic heterocycles. The fourth-order valence-corrected chi connectivity index (χ4v) is 4.05. The van der Waals surface area contributed by atoms with Gasteiger partial charge in [0, 0.05) is 23.9 Å². The average Bonchev–Trinajstić information content (AvgIpc) is 3.22. The Morgan fingerprint density at radius 2 is 2.00 bits per heavy atom. The zero-order valence-electron chi connectivity index (χ0n) is 16.6. The van der Waals surface area contributed by atoms with Gasteiger partial charge in [-0.05, 0) is 61.2 Å². The molecule has 1 amide bonds. The molecule has 4 rings (SSSR count). The van der Waals surface area contributed by atoms with Gasteiger partial charge in [-0.25, -0.2) is 14.4 Å². The minimum atomic E-state index is -0.475. The predicted molar refractivity (Wildman–Crippen MR) is 114 cm³/mol. The van der Waals surface area contributed by atoms with E-state index in [2.05, 4.69) is 14.9 Å². The van der Waals surface area contributed by atoms with E-state index in [1.165, 1.54) is 12.1 Å². The third-order valence-electron chi connectivity index (χ3n) is 5.58. The van der Waals surface area contributed by atoms with Crippen LogP contribution < -0.4 is 11.5 Å². The van der Waals surface area contributed by atoms with Crippen LogP contribution in [0.25, 0.3) is 11.1 Å². The number of halogens is 1. The standard InChI is InChI=1S/C23H24FN5O/c24-18-8-6-15(7-9-18)10-12-29-11-2-5-20(29)21-19(14-27-23(26)28-21)16-3-1-4-17(13-16)22(25)30/h1,3-4,6-9,13-14,20H,2,5,10-12H2,(H2,25,30)(H2,26,27,28). The van der Waals surface area contributed by atoms with Gasteiger partial charge in [-0.2, -0.15) is 0 Å². The molecular weight excluding hydrogens is 381 g/mol. The first-order valence-electron chi connectivity index (χ1n) is 10.0. The maximum absolute atomic E-state index is 13.2. The normalized spacial score (nSPS) is 16.6. The summed E-state index contributed by atoms with van der Waals surface area (Å²) in [6.07, 6.45) is 4.55. The Bertz CT molecular complexity index is 1050. The maximum atomic E-state index is 13.2. The van der Waals surface area contributed by atoms with E-state index in [1.807, 2.05) is 18.2 Å². The van der Waals surface area contributed by atoms with Crippen molar-refractivity contribution in [3.63, 3.8) is 0 Å². The number of benzene rings is 2. The minimum Gasteiger partial charge on any atom is -0.368 e. The van der Waals surface area contributed by atoms with E-state index >= 15 is 0 Å². The Morgan fingerprint density at radius 1 is 1.20 bits per heavy atom. The highest BCUT2D eigenvalue weighted by molar-refractivity contribution is 5.94. The Hall–Kier alpha value is -3.32. The fraction of sp³-hybridized carbons (Fsp3) is 0.261. The topological polar surface area (TPSA) is 98.1 Å². The molecule has 1 aliphatic heterocycles. The van der Waals surface area contributed by atoms with Crippen LogP contribution in [0.2, 0.25) is 0 Å². The number of primary amides is 1. The van der Waals surface area contributed by atoms with Crippen molar-refractivity contribution in [1.82, 2.24) is 14.9 Å². The van der Waals surface area contributed by atoms with Crippen LogP contribution >= 0.6 is 0 Å². The molecule has 2 heterocycles. The first kappa shape index (κ1) is 20.0. The molecule has 0 aliphatic carbocycles. The predicted octanol–water partition coefficient (Wildman–Crippen LogP) is 3.34. The molecule has 4 N–H and O–H groups in total. The second-order valence-corrected chi connectivity index (χ2v) is 7.54. The van der Waals surface area contributed by atoms with E-state index in [1.54, 1.807) is 24.4 Å². The van der Waals surface area contributed by atoms with Crippen LogP contribution in [0.1, 0.15) is 40.5 Å². The number of likely N-dealkylation sites (tertiary alicyclic amines) is 1. The van der Waals surface area contributed by atoms with E-state index in [0.717, 1.165) is 54.7 Å². The van der Waals surface area contributed by atoms with Crippen LogP contribution in [0.15, 0.2) is 54.7 Å². The van der Waals surface area contributed by atoms with Crippen LogP contribution in [-0.4, -0.2) is 33.9 Å². The van der Waals surface area contributed by atoms with Crippen molar-refractivity contribution in [3.8, 4) is 11.1 Å². The molecule has 1 saturated heterocycles. The van der Waals surface area contributed by atoms with Crippen molar-refractivity contribution in [2.24, 2.45) is 5.73 Å². The number of anilines is 1. The molecule has 30 heavy (non-hydrogen) atoms. The molecule has 0 spiro atoms. The number of rotatable bonds is 6. The molecule has 1 atom stereocenters. The zero-order valence-corrected chi connectivity index (χ0v) is 16.6. The number of nitrogens with zero attached hydrogens (tertiary/aromatic N) is 3. The molecule has 3 aromatic rings. The molecule has 1 fully saturated rings. The average molecular weight is 405 g/mol. The highest BCUT2D eigenvalue weighted by Crippen LogP contribution is 2.36. The summed E-state index contributed by atoms with van der Waals surface area (Å²) in [5, 5.41) is 0. The quantitative estimate of drug-likeness (QED) is 0.655. The first-order valence-corrected chi connectivity index (χ1v) is 10.0. The molecule has 0 saturated carbocycles. The largest absolute Gasteiger partial charge is 0.368 e. The number of hydrogen-bond acceptors (Lipinski definition) is 5. The summed E-state index contributed by atoms with van der Waals surface area (Å²) in [7, 11) is 0. The van der Waals surface area contributed by atoms with Crippen molar-refractivity contribution in [3.05, 3.63) is 77.4 Å². The van der Waals surface area contributed by atoms with Crippen molar-refractivity contribution in [2.75, 3.05) is 18.8 Å². The molecule has 6 nitrogen and oxygen atoms in total. The number of amides is 1. The molecule has 7 heteroatoms. The van der Waals surface area contributed by atoms with Gasteiger partial charge in [0.2, 0.25) is 11.9 Å². The van der Waals surface area contributed by atoms with Gasteiger partial charge < -0.3 is 11.5 Å². The Morgan fingerprint density at radius 3 is 2.77 bits per heavy atom. The van der Waals surface area contributed by atoms with Gasteiger partial charge in [0.05, 0.1) is 11.7 Å². The number of aromatic nitrogens is 2. The molecule has 154 valence electrons. The van der Waals surface area contributed by atoms with E-state index in [0.29, 0.717) is 5.56 Å². The van der Waals surface area contributed by atoms with Gasteiger partial charge in [0.15, 0.2) is 0 Å². The highest BCUT2D eigenvalue weighted by Gasteiger charge is 2.29. The van der Waals surface area contributed by atoms with Crippen molar-refractivity contribution in [2.45, 2.75) is 25.3 Å². The van der Waals surface area contributed by atoms with Crippen LogP contribution in [-0.2, 0) is 6.42 Å². The summed E-state index contributed by atoms with van der Waals surface area (Å²) in [5.74, 6) is -0.473. The monoisotopic (exact) mass is 405 g/mol. The van der Waals surface area contributed by atoms with Gasteiger partial charge in [0.25, 0.3) is 0 Å². The summed E-state index contributed by atoms with van der Waals surface area (Å²) >= 11 is 0. The van der Waals surface area contributed by atoms with Gasteiger partial charge in [0.1, 0.15) is 5.82 Å². The lowest BCUT2D eigenvalue weighted by atomic mass is 9.98. The minimum absolute atomic E-state index is 0.1000. The summed E-state index contributed by atoms with van der Waals surface area (Å²) in [6, 6.07) is 13.9. The maximum Gasteiger partial charge on any atom is 0.248 e. The summed E-state index contributed by atoms with van der Waals surface area (Å²) < 4.78 is 13.2. The lowest BCUT2D eigenvalue weighted by Crippen LogP contribution is -2.27.